The second-order valence-corrected chi connectivity index (χ2v) is 5.59. The summed E-state index contributed by atoms with van der Waals surface area (Å²) in [5.41, 5.74) is 3.95. The van der Waals surface area contributed by atoms with Crippen LogP contribution >= 0.6 is 23.2 Å². The Labute approximate surface area is 130 Å². The first kappa shape index (κ1) is 15.3. The van der Waals surface area contributed by atoms with Gasteiger partial charge in [0.1, 0.15) is 0 Å². The number of aromatic nitrogens is 1. The summed E-state index contributed by atoms with van der Waals surface area (Å²) in [7, 11) is 0. The van der Waals surface area contributed by atoms with E-state index in [1.54, 1.807) is 12.1 Å². The van der Waals surface area contributed by atoms with Crippen LogP contribution in [0.1, 0.15) is 24.6 Å². The summed E-state index contributed by atoms with van der Waals surface area (Å²) in [5, 5.41) is 4.71. The molecule has 0 spiro atoms. The molecule has 0 aliphatic heterocycles. The van der Waals surface area contributed by atoms with Gasteiger partial charge in [-0.25, -0.2) is 0 Å². The molecule has 0 fully saturated rings. The van der Waals surface area contributed by atoms with Gasteiger partial charge in [-0.15, -0.1) is 0 Å². The van der Waals surface area contributed by atoms with E-state index in [0.29, 0.717) is 10.0 Å². The Morgan fingerprint density at radius 1 is 1.15 bits per heavy atom. The first-order valence-corrected chi connectivity index (χ1v) is 7.50. The third-order valence-corrected chi connectivity index (χ3v) is 3.71. The van der Waals surface area contributed by atoms with Crippen LogP contribution < -0.4 is 5.32 Å². The summed E-state index contributed by atoms with van der Waals surface area (Å²) in [6.45, 7) is 6.03. The molecule has 0 unspecified atom stereocenters. The van der Waals surface area contributed by atoms with Crippen molar-refractivity contribution in [3.05, 3.63) is 51.6 Å². The third kappa shape index (κ3) is 3.72. The fraction of sp³-hybridized carbons (Fsp3) is 0.312. The molecule has 20 heavy (non-hydrogen) atoms. The lowest BCUT2D eigenvalue weighted by Gasteiger charge is -2.10. The molecule has 106 valence electrons. The molecule has 0 bridgehead atoms. The first-order valence-electron chi connectivity index (χ1n) is 6.74. The van der Waals surface area contributed by atoms with Crippen LogP contribution in [0, 0.1) is 6.92 Å². The molecule has 0 atom stereocenters. The normalized spacial score (nSPS) is 10.8. The molecule has 4 heteroatoms. The van der Waals surface area contributed by atoms with Crippen LogP contribution in [0.25, 0.3) is 11.3 Å². The van der Waals surface area contributed by atoms with Crippen molar-refractivity contribution in [3.63, 3.8) is 0 Å². The predicted molar refractivity (Wildman–Crippen MR) is 86.4 cm³/mol. The molecule has 0 saturated carbocycles. The molecule has 0 saturated heterocycles. The van der Waals surface area contributed by atoms with Gasteiger partial charge in [-0.3, -0.25) is 4.98 Å². The fourth-order valence-electron chi connectivity index (χ4n) is 2.02. The Balaban J connectivity index is 2.26. The molecule has 0 radical (unpaired) electrons. The number of benzene rings is 1. The van der Waals surface area contributed by atoms with Gasteiger partial charge in [-0.05, 0) is 49.7 Å². The van der Waals surface area contributed by atoms with Gasteiger partial charge in [-0.2, -0.15) is 0 Å². The highest BCUT2D eigenvalue weighted by molar-refractivity contribution is 6.35. The maximum Gasteiger partial charge on any atom is 0.0720 e. The van der Waals surface area contributed by atoms with Crippen LogP contribution in [-0.2, 0) is 6.54 Å². The van der Waals surface area contributed by atoms with E-state index in [1.807, 2.05) is 19.1 Å². The Morgan fingerprint density at radius 3 is 2.65 bits per heavy atom. The Bertz CT molecular complexity index is 597. The lowest BCUT2D eigenvalue weighted by Crippen LogP contribution is -2.15. The molecule has 2 aromatic rings. The summed E-state index contributed by atoms with van der Waals surface area (Å²) < 4.78 is 0. The average molecular weight is 309 g/mol. The first-order chi connectivity index (χ1) is 9.61. The van der Waals surface area contributed by atoms with E-state index in [1.165, 1.54) is 5.56 Å². The van der Waals surface area contributed by atoms with Crippen LogP contribution in [0.3, 0.4) is 0 Å². The molecule has 0 aliphatic carbocycles. The molecule has 0 amide bonds. The number of aryl methyl sites for hydroxylation is 1. The third-order valence-electron chi connectivity index (χ3n) is 3.14. The SMILES string of the molecule is CCCNCc1ccc(-c2cc(Cl)ccc2Cl)nc1C. The van der Waals surface area contributed by atoms with Gasteiger partial charge in [0.15, 0.2) is 0 Å². The summed E-state index contributed by atoms with van der Waals surface area (Å²) in [6, 6.07) is 9.52. The number of halogens is 2. The quantitative estimate of drug-likeness (QED) is 0.798. The predicted octanol–water partition coefficient (Wildman–Crippen LogP) is 4.86. The van der Waals surface area contributed by atoms with Crippen molar-refractivity contribution < 1.29 is 0 Å². The van der Waals surface area contributed by atoms with Crippen LogP contribution in [0.4, 0.5) is 0 Å². The highest BCUT2D eigenvalue weighted by Crippen LogP contribution is 2.29. The van der Waals surface area contributed by atoms with Gasteiger partial charge in [0.2, 0.25) is 0 Å². The Hall–Kier alpha value is -1.09. The molecular formula is C16H18Cl2N2. The minimum absolute atomic E-state index is 0.664. The monoisotopic (exact) mass is 308 g/mol. The zero-order valence-corrected chi connectivity index (χ0v) is 13.2. The van der Waals surface area contributed by atoms with Crippen molar-refractivity contribution in [1.82, 2.24) is 10.3 Å². The average Bonchev–Trinajstić information content (AvgIpc) is 2.43. The standard InChI is InChI=1S/C16H18Cl2N2/c1-3-8-19-10-12-4-7-16(20-11(12)2)14-9-13(17)5-6-15(14)18/h4-7,9,19H,3,8,10H2,1-2H3. The number of nitrogens with one attached hydrogen (secondary N) is 1. The zero-order valence-electron chi connectivity index (χ0n) is 11.7. The lowest BCUT2D eigenvalue weighted by molar-refractivity contribution is 0.671. The van der Waals surface area contributed by atoms with Crippen molar-refractivity contribution in [1.29, 1.82) is 0 Å². The van der Waals surface area contributed by atoms with Gasteiger partial charge in [0, 0.05) is 22.8 Å². The topological polar surface area (TPSA) is 24.9 Å². The molecule has 1 aromatic carbocycles. The van der Waals surface area contributed by atoms with Crippen LogP contribution in [0.15, 0.2) is 30.3 Å². The molecule has 1 N–H and O–H groups in total. The Morgan fingerprint density at radius 2 is 1.95 bits per heavy atom. The second kappa shape index (κ2) is 7.07. The molecule has 2 rings (SSSR count). The molecule has 1 aromatic heterocycles. The van der Waals surface area contributed by atoms with Crippen molar-refractivity contribution in [3.8, 4) is 11.3 Å². The number of rotatable bonds is 5. The van der Waals surface area contributed by atoms with Gasteiger partial charge >= 0.3 is 0 Å². The molecule has 0 aliphatic rings. The number of nitrogens with zero attached hydrogens (tertiary/aromatic N) is 1. The van der Waals surface area contributed by atoms with Crippen LogP contribution in [0.5, 0.6) is 0 Å². The van der Waals surface area contributed by atoms with Gasteiger partial charge in [-0.1, -0.05) is 36.2 Å². The fourth-order valence-corrected chi connectivity index (χ4v) is 2.41. The van der Waals surface area contributed by atoms with E-state index in [4.69, 9.17) is 23.2 Å². The van der Waals surface area contributed by atoms with Crippen molar-refractivity contribution in [2.75, 3.05) is 6.54 Å². The van der Waals surface area contributed by atoms with E-state index in [-0.39, 0.29) is 0 Å². The minimum Gasteiger partial charge on any atom is -0.313 e. The minimum atomic E-state index is 0.664. The number of hydrogen-bond acceptors (Lipinski definition) is 2. The zero-order chi connectivity index (χ0) is 14.5. The van der Waals surface area contributed by atoms with E-state index >= 15 is 0 Å². The van der Waals surface area contributed by atoms with Gasteiger partial charge in [0.05, 0.1) is 10.7 Å². The van der Waals surface area contributed by atoms with Crippen LogP contribution in [-0.4, -0.2) is 11.5 Å². The lowest BCUT2D eigenvalue weighted by atomic mass is 10.1. The summed E-state index contributed by atoms with van der Waals surface area (Å²) in [4.78, 5) is 4.64. The van der Waals surface area contributed by atoms with E-state index in [9.17, 15) is 0 Å². The molecular weight excluding hydrogens is 291 g/mol. The summed E-state index contributed by atoms with van der Waals surface area (Å²) in [6.07, 6.45) is 1.13. The van der Waals surface area contributed by atoms with Gasteiger partial charge in [0.25, 0.3) is 0 Å². The van der Waals surface area contributed by atoms with E-state index in [0.717, 1.165) is 36.5 Å². The van der Waals surface area contributed by atoms with Crippen molar-refractivity contribution in [2.24, 2.45) is 0 Å². The summed E-state index contributed by atoms with van der Waals surface area (Å²) in [5.74, 6) is 0. The maximum atomic E-state index is 6.21. The molecule has 2 nitrogen and oxygen atoms in total. The second-order valence-electron chi connectivity index (χ2n) is 4.74. The van der Waals surface area contributed by atoms with Crippen molar-refractivity contribution >= 4 is 23.2 Å². The van der Waals surface area contributed by atoms with Gasteiger partial charge < -0.3 is 5.32 Å². The highest BCUT2D eigenvalue weighted by atomic mass is 35.5. The summed E-state index contributed by atoms with van der Waals surface area (Å²) >= 11 is 12.2. The van der Waals surface area contributed by atoms with Crippen LogP contribution in [0.2, 0.25) is 10.0 Å². The number of hydrogen-bond donors (Lipinski definition) is 1. The van der Waals surface area contributed by atoms with E-state index in [2.05, 4.69) is 23.3 Å². The number of pyridine rings is 1. The van der Waals surface area contributed by atoms with E-state index < -0.39 is 0 Å². The molecule has 1 heterocycles. The Kier molecular flexibility index (Phi) is 5.41. The highest BCUT2D eigenvalue weighted by Gasteiger charge is 2.08. The largest absolute Gasteiger partial charge is 0.313 e. The smallest absolute Gasteiger partial charge is 0.0720 e. The maximum absolute atomic E-state index is 6.21. The van der Waals surface area contributed by atoms with Crippen molar-refractivity contribution in [2.45, 2.75) is 26.8 Å².